The number of carbonyl (C=O) groups excluding carboxylic acids is 3. The van der Waals surface area contributed by atoms with Gasteiger partial charge in [-0.2, -0.15) is 0 Å². The van der Waals surface area contributed by atoms with Crippen LogP contribution >= 0.6 is 0 Å². The standard InChI is InChI=1S/C61H110O6/c1-4-7-10-13-16-19-22-25-28-30-31-32-34-36-39-42-45-48-51-54-60(63)66-57-58(56-65-59(62)53-50-47-44-41-38-35-27-24-21-18-15-12-9-6-3)67-61(64)55-52-49-46-43-40-37-33-29-26-23-20-17-14-11-8-5-2/h16,19,22,25,29,33,37,40,58H,4-15,17-18,20-21,23-24,26-28,30-32,34-36,38-39,41-57H2,1-3H3/b19-16-,25-22-,33-29-,40-37-. The summed E-state index contributed by atoms with van der Waals surface area (Å²) in [6, 6.07) is 0. The number of allylic oxidation sites excluding steroid dienone is 8. The fourth-order valence-corrected chi connectivity index (χ4v) is 8.43. The number of hydrogen-bond donors (Lipinski definition) is 0. The van der Waals surface area contributed by atoms with Crippen LogP contribution in [0.15, 0.2) is 48.6 Å². The molecule has 0 rings (SSSR count). The summed E-state index contributed by atoms with van der Waals surface area (Å²) >= 11 is 0. The molecule has 0 saturated carbocycles. The summed E-state index contributed by atoms with van der Waals surface area (Å²) in [6.45, 7) is 6.62. The van der Waals surface area contributed by atoms with Crippen molar-refractivity contribution in [2.75, 3.05) is 13.2 Å². The van der Waals surface area contributed by atoms with Gasteiger partial charge in [0.05, 0.1) is 0 Å². The molecule has 0 aliphatic rings. The minimum atomic E-state index is -0.786. The average molecular weight is 940 g/mol. The third kappa shape index (κ3) is 54.2. The van der Waals surface area contributed by atoms with Crippen molar-refractivity contribution in [2.24, 2.45) is 0 Å². The van der Waals surface area contributed by atoms with Crippen LogP contribution in [-0.4, -0.2) is 37.2 Å². The molecule has 0 amide bonds. The molecule has 67 heavy (non-hydrogen) atoms. The molecule has 0 aliphatic heterocycles. The highest BCUT2D eigenvalue weighted by atomic mass is 16.6. The SMILES string of the molecule is CCCCC/C=C\C=C/CCCCCCCCCCCCC(=O)OCC(COC(=O)CCCCCCCCCCCCCCCC)OC(=O)CCCCC/C=C\C=C/CCCCCCCCC. The maximum atomic E-state index is 12.8. The first-order valence-electron chi connectivity index (χ1n) is 29.2. The fourth-order valence-electron chi connectivity index (χ4n) is 8.43. The highest BCUT2D eigenvalue weighted by molar-refractivity contribution is 5.71. The molecular formula is C61H110O6. The Balaban J connectivity index is 4.38. The fraction of sp³-hybridized carbons (Fsp3) is 0.820. The molecule has 0 saturated heterocycles. The first kappa shape index (κ1) is 64.4. The lowest BCUT2D eigenvalue weighted by Crippen LogP contribution is -2.30. The average Bonchev–Trinajstić information content (AvgIpc) is 3.33. The van der Waals surface area contributed by atoms with Crippen LogP contribution in [0.2, 0.25) is 0 Å². The molecular weight excluding hydrogens is 829 g/mol. The van der Waals surface area contributed by atoms with Gasteiger partial charge in [-0.3, -0.25) is 14.4 Å². The van der Waals surface area contributed by atoms with E-state index in [0.29, 0.717) is 19.3 Å². The zero-order valence-electron chi connectivity index (χ0n) is 44.7. The smallest absolute Gasteiger partial charge is 0.306 e. The Morgan fingerprint density at radius 3 is 0.836 bits per heavy atom. The summed E-state index contributed by atoms with van der Waals surface area (Å²) in [7, 11) is 0. The third-order valence-corrected chi connectivity index (χ3v) is 12.9. The number of carbonyl (C=O) groups is 3. The molecule has 0 N–H and O–H groups in total. The second kappa shape index (κ2) is 56.0. The van der Waals surface area contributed by atoms with Crippen LogP contribution in [0.4, 0.5) is 0 Å². The van der Waals surface area contributed by atoms with Gasteiger partial charge < -0.3 is 14.2 Å². The molecule has 390 valence electrons. The lowest BCUT2D eigenvalue weighted by atomic mass is 10.0. The van der Waals surface area contributed by atoms with Crippen molar-refractivity contribution in [3.8, 4) is 0 Å². The van der Waals surface area contributed by atoms with E-state index in [1.165, 1.54) is 193 Å². The predicted octanol–water partition coefficient (Wildman–Crippen LogP) is 19.4. The third-order valence-electron chi connectivity index (χ3n) is 12.9. The summed E-state index contributed by atoms with van der Waals surface area (Å²) in [5.41, 5.74) is 0. The monoisotopic (exact) mass is 939 g/mol. The van der Waals surface area contributed by atoms with Crippen LogP contribution in [0, 0.1) is 0 Å². The molecule has 6 heteroatoms. The Bertz CT molecular complexity index is 1170. The van der Waals surface area contributed by atoms with E-state index in [1.54, 1.807) is 0 Å². The van der Waals surface area contributed by atoms with E-state index in [1.807, 2.05) is 0 Å². The van der Waals surface area contributed by atoms with Gasteiger partial charge in [0.1, 0.15) is 13.2 Å². The van der Waals surface area contributed by atoms with Gasteiger partial charge in [-0.15, -0.1) is 0 Å². The van der Waals surface area contributed by atoms with E-state index in [-0.39, 0.29) is 31.1 Å². The van der Waals surface area contributed by atoms with Crippen LogP contribution in [0.25, 0.3) is 0 Å². The molecule has 0 spiro atoms. The Hall–Kier alpha value is -2.63. The highest BCUT2D eigenvalue weighted by Crippen LogP contribution is 2.16. The summed E-state index contributed by atoms with van der Waals surface area (Å²) in [5, 5.41) is 0. The molecule has 1 unspecified atom stereocenters. The Kier molecular flexibility index (Phi) is 53.8. The largest absolute Gasteiger partial charge is 0.462 e. The van der Waals surface area contributed by atoms with Crippen LogP contribution in [0.3, 0.4) is 0 Å². The van der Waals surface area contributed by atoms with Crippen LogP contribution in [0.1, 0.15) is 303 Å². The van der Waals surface area contributed by atoms with E-state index in [4.69, 9.17) is 14.2 Å². The summed E-state index contributed by atoms with van der Waals surface area (Å²) < 4.78 is 16.9. The second-order valence-electron chi connectivity index (χ2n) is 19.6. The van der Waals surface area contributed by atoms with Gasteiger partial charge in [0, 0.05) is 19.3 Å². The van der Waals surface area contributed by atoms with E-state index in [0.717, 1.165) is 70.6 Å². The lowest BCUT2D eigenvalue weighted by Gasteiger charge is -2.18. The Morgan fingerprint density at radius 1 is 0.299 bits per heavy atom. The van der Waals surface area contributed by atoms with Crippen molar-refractivity contribution >= 4 is 17.9 Å². The van der Waals surface area contributed by atoms with E-state index in [9.17, 15) is 14.4 Å². The van der Waals surface area contributed by atoms with E-state index < -0.39 is 6.10 Å². The summed E-state index contributed by atoms with van der Waals surface area (Å²) in [5.74, 6) is -0.897. The number of ether oxygens (including phenoxy) is 3. The quantitative estimate of drug-likeness (QED) is 0.0262. The van der Waals surface area contributed by atoms with Crippen molar-refractivity contribution in [3.63, 3.8) is 0 Å². The minimum absolute atomic E-state index is 0.0817. The van der Waals surface area contributed by atoms with Crippen molar-refractivity contribution in [2.45, 2.75) is 309 Å². The van der Waals surface area contributed by atoms with Crippen molar-refractivity contribution in [1.82, 2.24) is 0 Å². The molecule has 0 radical (unpaired) electrons. The number of rotatable bonds is 53. The number of unbranched alkanes of at least 4 members (excludes halogenated alkanes) is 36. The second-order valence-corrected chi connectivity index (χ2v) is 19.6. The van der Waals surface area contributed by atoms with Crippen molar-refractivity contribution < 1.29 is 28.6 Å². The summed E-state index contributed by atoms with van der Waals surface area (Å²) in [6.07, 6.45) is 68.1. The van der Waals surface area contributed by atoms with Gasteiger partial charge in [0.25, 0.3) is 0 Å². The van der Waals surface area contributed by atoms with Crippen molar-refractivity contribution in [1.29, 1.82) is 0 Å². The zero-order valence-corrected chi connectivity index (χ0v) is 44.7. The van der Waals surface area contributed by atoms with Gasteiger partial charge in [-0.05, 0) is 70.6 Å². The van der Waals surface area contributed by atoms with Gasteiger partial charge in [-0.1, -0.05) is 262 Å². The van der Waals surface area contributed by atoms with Gasteiger partial charge in [0.2, 0.25) is 0 Å². The normalized spacial score (nSPS) is 12.3. The lowest BCUT2D eigenvalue weighted by molar-refractivity contribution is -0.167. The van der Waals surface area contributed by atoms with Gasteiger partial charge in [0.15, 0.2) is 6.10 Å². The van der Waals surface area contributed by atoms with Crippen LogP contribution in [-0.2, 0) is 28.6 Å². The van der Waals surface area contributed by atoms with E-state index in [2.05, 4.69) is 69.4 Å². The Morgan fingerprint density at radius 2 is 0.522 bits per heavy atom. The van der Waals surface area contributed by atoms with Gasteiger partial charge >= 0.3 is 17.9 Å². The molecule has 0 heterocycles. The topological polar surface area (TPSA) is 78.9 Å². The van der Waals surface area contributed by atoms with E-state index >= 15 is 0 Å². The number of hydrogen-bond acceptors (Lipinski definition) is 6. The first-order chi connectivity index (χ1) is 33.0. The molecule has 0 bridgehead atoms. The molecule has 0 fully saturated rings. The summed E-state index contributed by atoms with van der Waals surface area (Å²) in [4.78, 5) is 38.1. The predicted molar refractivity (Wildman–Crippen MR) is 289 cm³/mol. The molecule has 0 aromatic rings. The molecule has 6 nitrogen and oxygen atoms in total. The van der Waals surface area contributed by atoms with Crippen LogP contribution in [0.5, 0.6) is 0 Å². The molecule has 0 aliphatic carbocycles. The minimum Gasteiger partial charge on any atom is -0.462 e. The van der Waals surface area contributed by atoms with Crippen molar-refractivity contribution in [3.05, 3.63) is 48.6 Å². The van der Waals surface area contributed by atoms with Crippen LogP contribution < -0.4 is 0 Å². The highest BCUT2D eigenvalue weighted by Gasteiger charge is 2.19. The molecule has 0 aromatic carbocycles. The maximum absolute atomic E-state index is 12.8. The molecule has 0 aromatic heterocycles. The maximum Gasteiger partial charge on any atom is 0.306 e. The Labute approximate surface area is 416 Å². The first-order valence-corrected chi connectivity index (χ1v) is 29.2. The zero-order chi connectivity index (χ0) is 48.6. The van der Waals surface area contributed by atoms with Gasteiger partial charge in [-0.25, -0.2) is 0 Å². The number of esters is 3. The molecule has 1 atom stereocenters.